The van der Waals surface area contributed by atoms with Gasteiger partial charge in [0.15, 0.2) is 5.54 Å². The molecule has 2 aliphatic rings. The first-order valence-electron chi connectivity index (χ1n) is 14.8. The van der Waals surface area contributed by atoms with Crippen molar-refractivity contribution in [2.45, 2.75) is 55.1 Å². The Hall–Kier alpha value is -4.93. The number of hydrogen-bond acceptors (Lipinski definition) is 8. The zero-order valence-corrected chi connectivity index (χ0v) is 25.9. The minimum Gasteiger partial charge on any atom is -0.344 e. The number of carbonyl (C=O) groups is 4. The van der Waals surface area contributed by atoms with Gasteiger partial charge in [-0.25, -0.2) is 9.78 Å². The van der Waals surface area contributed by atoms with E-state index in [2.05, 4.69) is 24.8 Å². The molecule has 2 fully saturated rings. The van der Waals surface area contributed by atoms with Crippen LogP contribution in [-0.4, -0.2) is 59.5 Å². The van der Waals surface area contributed by atoms with Crippen LogP contribution in [0.2, 0.25) is 0 Å². The maximum atomic E-state index is 14.4. The second kappa shape index (κ2) is 12.6. The molecule has 0 spiro atoms. The van der Waals surface area contributed by atoms with Gasteiger partial charge in [-0.1, -0.05) is 66.7 Å². The molecule has 3 heterocycles. The van der Waals surface area contributed by atoms with E-state index in [-0.39, 0.29) is 37.2 Å². The number of aromatic amines is 1. The second-order valence-corrected chi connectivity index (χ2v) is 13.6. The van der Waals surface area contributed by atoms with E-state index in [0.717, 1.165) is 0 Å². The van der Waals surface area contributed by atoms with Crippen molar-refractivity contribution < 1.29 is 46.3 Å². The van der Waals surface area contributed by atoms with Gasteiger partial charge in [-0.3, -0.25) is 28.2 Å². The quantitative estimate of drug-likeness (QED) is 0.167. The molecule has 48 heavy (non-hydrogen) atoms. The molecular weight excluding hydrogens is 655 g/mol. The van der Waals surface area contributed by atoms with Gasteiger partial charge in [0, 0.05) is 12.8 Å². The number of rotatable bonds is 9. The Labute approximate surface area is 273 Å². The van der Waals surface area contributed by atoms with Crippen molar-refractivity contribution >= 4 is 45.5 Å². The number of aromatic nitrogens is 2. The average molecular weight is 686 g/mol. The first kappa shape index (κ1) is 33.0. The van der Waals surface area contributed by atoms with E-state index < -0.39 is 57.5 Å². The summed E-state index contributed by atoms with van der Waals surface area (Å²) >= 11 is 0. The summed E-state index contributed by atoms with van der Waals surface area (Å²) in [5, 5.41) is 2.28. The van der Waals surface area contributed by atoms with Crippen molar-refractivity contribution in [1.29, 1.82) is 0 Å². The largest absolute Gasteiger partial charge is 0.493 e. The normalized spacial score (nSPS) is 21.9. The highest BCUT2D eigenvalue weighted by Crippen LogP contribution is 2.56. The SMILES string of the molecule is O=C1CC(c2ccc(CC(NC(=O)C3(Cc4ccccc4)CCC(=O)N3OC(=O)C(F)(F)F)c3nc4ccccc4[nH]3)cc2)S(O)(O)N1. The Morgan fingerprint density at radius 2 is 1.71 bits per heavy atom. The van der Waals surface area contributed by atoms with Crippen molar-refractivity contribution in [2.75, 3.05) is 0 Å². The van der Waals surface area contributed by atoms with Crippen molar-refractivity contribution in [1.82, 2.24) is 25.1 Å². The highest BCUT2D eigenvalue weighted by atomic mass is 32.3. The molecule has 16 heteroatoms. The number of nitrogens with zero attached hydrogens (tertiary/aromatic N) is 2. The van der Waals surface area contributed by atoms with E-state index in [1.807, 2.05) is 0 Å². The van der Waals surface area contributed by atoms with Crippen molar-refractivity contribution in [3.8, 4) is 0 Å². The number of carbonyl (C=O) groups excluding carboxylic acids is 4. The van der Waals surface area contributed by atoms with Gasteiger partial charge < -0.3 is 15.1 Å². The number of amides is 3. The first-order valence-corrected chi connectivity index (χ1v) is 16.4. The fourth-order valence-electron chi connectivity index (χ4n) is 6.03. The van der Waals surface area contributed by atoms with E-state index in [0.29, 0.717) is 33.5 Å². The van der Waals surface area contributed by atoms with Gasteiger partial charge in [0.05, 0.1) is 23.5 Å². The topological polar surface area (TPSA) is 174 Å². The number of alkyl halides is 3. The molecule has 252 valence electrons. The summed E-state index contributed by atoms with van der Waals surface area (Å²) in [7, 11) is -3.38. The van der Waals surface area contributed by atoms with E-state index in [9.17, 15) is 41.5 Å². The molecule has 4 aromatic rings. The van der Waals surface area contributed by atoms with Crippen LogP contribution in [0, 0.1) is 0 Å². The van der Waals surface area contributed by atoms with Crippen molar-refractivity contribution in [3.63, 3.8) is 0 Å². The van der Waals surface area contributed by atoms with Crippen LogP contribution < -0.4 is 10.0 Å². The summed E-state index contributed by atoms with van der Waals surface area (Å²) in [6, 6.07) is 21.1. The first-order chi connectivity index (χ1) is 22.7. The summed E-state index contributed by atoms with van der Waals surface area (Å²) < 4.78 is 62.7. The van der Waals surface area contributed by atoms with Crippen LogP contribution in [0.5, 0.6) is 0 Å². The Morgan fingerprint density at radius 1 is 1.02 bits per heavy atom. The Kier molecular flexibility index (Phi) is 8.65. The number of benzene rings is 3. The van der Waals surface area contributed by atoms with Crippen LogP contribution in [0.1, 0.15) is 53.1 Å². The second-order valence-electron chi connectivity index (χ2n) is 11.7. The maximum absolute atomic E-state index is 14.4. The Morgan fingerprint density at radius 3 is 2.35 bits per heavy atom. The molecule has 2 aliphatic heterocycles. The molecule has 0 radical (unpaired) electrons. The lowest BCUT2D eigenvalue weighted by Crippen LogP contribution is -2.59. The highest BCUT2D eigenvalue weighted by Gasteiger charge is 2.56. The molecule has 3 unspecified atom stereocenters. The molecule has 3 amide bonds. The standard InChI is InChI=1S/C32H30F3N5O7S/c33-32(34,35)30(44)47-40-27(42)14-15-31(40,18-20-6-2-1-3-7-20)29(43)38-24(28-36-22-8-4-5-9-23(22)37-28)16-19-10-12-21(13-11-19)25-17-26(41)39-48(25,45)46/h1-13,24-25,45-46H,14-18H2,(H,36,37)(H,38,43)(H,39,41). The third-order valence-electron chi connectivity index (χ3n) is 8.40. The average Bonchev–Trinajstić information content (AvgIpc) is 3.70. The van der Waals surface area contributed by atoms with E-state index >= 15 is 0 Å². The van der Waals surface area contributed by atoms with Crippen LogP contribution in [0.15, 0.2) is 78.9 Å². The predicted octanol–water partition coefficient (Wildman–Crippen LogP) is 4.81. The molecular formula is C32H30F3N5O7S. The molecule has 1 aromatic heterocycles. The smallest absolute Gasteiger partial charge is 0.344 e. The fourth-order valence-corrected chi connectivity index (χ4v) is 7.51. The van der Waals surface area contributed by atoms with Crippen molar-refractivity contribution in [2.24, 2.45) is 0 Å². The van der Waals surface area contributed by atoms with Gasteiger partial charge in [-0.05, 0) is 41.7 Å². The monoisotopic (exact) mass is 685 g/mol. The summed E-state index contributed by atoms with van der Waals surface area (Å²) in [6.07, 6.45) is -6.26. The molecule has 0 bridgehead atoms. The van der Waals surface area contributed by atoms with E-state index in [1.54, 1.807) is 78.9 Å². The lowest BCUT2D eigenvalue weighted by Gasteiger charge is -2.36. The zero-order valence-electron chi connectivity index (χ0n) is 25.1. The summed E-state index contributed by atoms with van der Waals surface area (Å²) in [4.78, 5) is 63.5. The number of hydroxylamine groups is 2. The van der Waals surface area contributed by atoms with Gasteiger partial charge in [-0.15, -0.1) is 10.8 Å². The predicted molar refractivity (Wildman–Crippen MR) is 167 cm³/mol. The van der Waals surface area contributed by atoms with Crippen LogP contribution in [0.3, 0.4) is 0 Å². The number of imidazole rings is 1. The summed E-state index contributed by atoms with van der Waals surface area (Å²) in [6.45, 7) is 0. The molecule has 0 saturated carbocycles. The molecule has 3 aromatic carbocycles. The van der Waals surface area contributed by atoms with Crippen molar-refractivity contribution in [3.05, 3.63) is 101 Å². The number of para-hydroxylation sites is 2. The van der Waals surface area contributed by atoms with Gasteiger partial charge >= 0.3 is 12.1 Å². The lowest BCUT2D eigenvalue weighted by atomic mass is 9.87. The molecule has 6 rings (SSSR count). The number of nitrogens with one attached hydrogen (secondary N) is 3. The molecule has 0 aliphatic carbocycles. The number of hydrogen-bond donors (Lipinski definition) is 5. The number of fused-ring (bicyclic) bond motifs is 1. The van der Waals surface area contributed by atoms with E-state index in [4.69, 9.17) is 0 Å². The molecule has 2 saturated heterocycles. The van der Waals surface area contributed by atoms with Crippen LogP contribution in [-0.2, 0) is 36.9 Å². The molecule has 5 N–H and O–H groups in total. The third kappa shape index (κ3) is 6.58. The maximum Gasteiger partial charge on any atom is 0.493 e. The lowest BCUT2D eigenvalue weighted by molar-refractivity contribution is -0.247. The van der Waals surface area contributed by atoms with Gasteiger partial charge in [0.2, 0.25) is 5.91 Å². The number of H-pyrrole nitrogens is 1. The zero-order chi connectivity index (χ0) is 34.3. The third-order valence-corrected chi connectivity index (χ3v) is 10.2. The molecule has 3 atom stereocenters. The van der Waals surface area contributed by atoms with E-state index in [1.165, 1.54) is 0 Å². The Balaban J connectivity index is 1.35. The summed E-state index contributed by atoms with van der Waals surface area (Å²) in [5.41, 5.74) is 0.886. The van der Waals surface area contributed by atoms with Gasteiger partial charge in [-0.2, -0.15) is 18.2 Å². The van der Waals surface area contributed by atoms with Crippen LogP contribution >= 0.6 is 10.8 Å². The van der Waals surface area contributed by atoms with Crippen LogP contribution in [0.4, 0.5) is 13.2 Å². The van der Waals surface area contributed by atoms with Gasteiger partial charge in [0.1, 0.15) is 11.1 Å². The number of halogens is 3. The molecule has 12 nitrogen and oxygen atoms in total. The minimum absolute atomic E-state index is 0.0989. The highest BCUT2D eigenvalue weighted by molar-refractivity contribution is 8.23. The fraction of sp³-hybridized carbons (Fsp3) is 0.281. The van der Waals surface area contributed by atoms with Gasteiger partial charge in [0.25, 0.3) is 11.8 Å². The minimum atomic E-state index is -5.42. The Bertz CT molecular complexity index is 1840. The summed E-state index contributed by atoms with van der Waals surface area (Å²) in [5.74, 6) is -4.63. The van der Waals surface area contributed by atoms with Crippen LogP contribution in [0.25, 0.3) is 11.0 Å².